The molecule has 0 aromatic heterocycles. The van der Waals surface area contributed by atoms with Crippen molar-refractivity contribution in [3.8, 4) is 0 Å². The Bertz CT molecular complexity index is 364. The Morgan fingerprint density at radius 1 is 1.26 bits per heavy atom. The van der Waals surface area contributed by atoms with Gasteiger partial charge in [-0.2, -0.15) is 0 Å². The highest BCUT2D eigenvalue weighted by atomic mass is 16.5. The zero-order valence-electron chi connectivity index (χ0n) is 12.3. The molecule has 1 aromatic carbocycles. The molecule has 0 aliphatic heterocycles. The molecule has 1 unspecified atom stereocenters. The lowest BCUT2D eigenvalue weighted by atomic mass is 10.0. The SMILES string of the molecule is CCC(CCN(C)CC)C(=O)OCc1ccccc1. The summed E-state index contributed by atoms with van der Waals surface area (Å²) >= 11 is 0. The molecule has 0 N–H and O–H groups in total. The molecule has 0 amide bonds. The third kappa shape index (κ3) is 5.88. The van der Waals surface area contributed by atoms with Crippen LogP contribution in [-0.4, -0.2) is 31.0 Å². The van der Waals surface area contributed by atoms with E-state index in [-0.39, 0.29) is 11.9 Å². The van der Waals surface area contributed by atoms with E-state index in [1.165, 1.54) is 0 Å². The van der Waals surface area contributed by atoms with E-state index in [9.17, 15) is 4.79 Å². The maximum Gasteiger partial charge on any atom is 0.309 e. The highest BCUT2D eigenvalue weighted by molar-refractivity contribution is 5.72. The number of hydrogen-bond acceptors (Lipinski definition) is 3. The monoisotopic (exact) mass is 263 g/mol. The van der Waals surface area contributed by atoms with Gasteiger partial charge in [-0.1, -0.05) is 44.2 Å². The average molecular weight is 263 g/mol. The van der Waals surface area contributed by atoms with Crippen LogP contribution in [0.3, 0.4) is 0 Å². The van der Waals surface area contributed by atoms with Crippen LogP contribution in [0.15, 0.2) is 30.3 Å². The van der Waals surface area contributed by atoms with E-state index in [2.05, 4.69) is 18.9 Å². The summed E-state index contributed by atoms with van der Waals surface area (Å²) in [6.45, 7) is 6.49. The van der Waals surface area contributed by atoms with E-state index in [1.54, 1.807) is 0 Å². The van der Waals surface area contributed by atoms with Crippen LogP contribution in [0.2, 0.25) is 0 Å². The third-order valence-electron chi connectivity index (χ3n) is 3.45. The van der Waals surface area contributed by atoms with Gasteiger partial charge >= 0.3 is 5.97 Å². The van der Waals surface area contributed by atoms with Gasteiger partial charge in [-0.05, 0) is 38.5 Å². The van der Waals surface area contributed by atoms with Crippen molar-refractivity contribution in [2.75, 3.05) is 20.1 Å². The lowest BCUT2D eigenvalue weighted by Gasteiger charge is -2.18. The summed E-state index contributed by atoms with van der Waals surface area (Å²) in [6, 6.07) is 9.81. The van der Waals surface area contributed by atoms with Crippen molar-refractivity contribution in [1.82, 2.24) is 4.90 Å². The second-order valence-corrected chi connectivity index (χ2v) is 4.88. The van der Waals surface area contributed by atoms with Gasteiger partial charge < -0.3 is 9.64 Å². The molecule has 0 heterocycles. The van der Waals surface area contributed by atoms with E-state index >= 15 is 0 Å². The van der Waals surface area contributed by atoms with Crippen LogP contribution in [0.5, 0.6) is 0 Å². The van der Waals surface area contributed by atoms with Gasteiger partial charge in [0, 0.05) is 0 Å². The van der Waals surface area contributed by atoms with Crippen molar-refractivity contribution < 1.29 is 9.53 Å². The predicted octanol–water partition coefficient (Wildman–Crippen LogP) is 3.10. The Kier molecular flexibility index (Phi) is 7.19. The van der Waals surface area contributed by atoms with Crippen molar-refractivity contribution in [2.24, 2.45) is 5.92 Å². The number of carbonyl (C=O) groups is 1. The minimum atomic E-state index is -0.0733. The number of ether oxygens (including phenoxy) is 1. The maximum absolute atomic E-state index is 12.0. The standard InChI is InChI=1S/C16H25NO2/c1-4-15(11-12-17(3)5-2)16(18)19-13-14-9-7-6-8-10-14/h6-10,15H,4-5,11-13H2,1-3H3. The van der Waals surface area contributed by atoms with E-state index in [0.717, 1.165) is 31.5 Å². The summed E-state index contributed by atoms with van der Waals surface area (Å²) in [6.07, 6.45) is 1.71. The Labute approximate surface area is 116 Å². The quantitative estimate of drug-likeness (QED) is 0.675. The predicted molar refractivity (Wildman–Crippen MR) is 77.8 cm³/mol. The Morgan fingerprint density at radius 2 is 1.95 bits per heavy atom. The van der Waals surface area contributed by atoms with Crippen LogP contribution in [-0.2, 0) is 16.1 Å². The number of benzene rings is 1. The van der Waals surface area contributed by atoms with Crippen molar-refractivity contribution in [1.29, 1.82) is 0 Å². The molecule has 3 nitrogen and oxygen atoms in total. The molecule has 0 fully saturated rings. The van der Waals surface area contributed by atoms with Gasteiger partial charge in [-0.25, -0.2) is 0 Å². The summed E-state index contributed by atoms with van der Waals surface area (Å²) < 4.78 is 5.39. The van der Waals surface area contributed by atoms with E-state index in [1.807, 2.05) is 37.3 Å². The molecule has 106 valence electrons. The lowest BCUT2D eigenvalue weighted by Crippen LogP contribution is -2.25. The van der Waals surface area contributed by atoms with E-state index < -0.39 is 0 Å². The normalized spacial score (nSPS) is 12.4. The fourth-order valence-electron chi connectivity index (χ4n) is 1.87. The van der Waals surface area contributed by atoms with Crippen LogP contribution >= 0.6 is 0 Å². The van der Waals surface area contributed by atoms with Crippen LogP contribution in [0.1, 0.15) is 32.3 Å². The Balaban J connectivity index is 2.37. The topological polar surface area (TPSA) is 29.5 Å². The number of esters is 1. The fourth-order valence-corrected chi connectivity index (χ4v) is 1.87. The van der Waals surface area contributed by atoms with Gasteiger partial charge in [0.15, 0.2) is 0 Å². The molecule has 0 radical (unpaired) electrons. The molecule has 0 saturated heterocycles. The summed E-state index contributed by atoms with van der Waals surface area (Å²) in [5.41, 5.74) is 1.04. The number of hydrogen-bond donors (Lipinski definition) is 0. The molecule has 0 spiro atoms. The average Bonchev–Trinajstić information content (AvgIpc) is 2.46. The second-order valence-electron chi connectivity index (χ2n) is 4.88. The first kappa shape index (κ1) is 15.7. The molecule has 1 atom stereocenters. The summed E-state index contributed by atoms with van der Waals surface area (Å²) in [7, 11) is 2.07. The molecular formula is C16H25NO2. The first-order valence-corrected chi connectivity index (χ1v) is 7.06. The number of carbonyl (C=O) groups excluding carboxylic acids is 1. The zero-order chi connectivity index (χ0) is 14.1. The van der Waals surface area contributed by atoms with Gasteiger partial charge in [0.05, 0.1) is 5.92 Å². The van der Waals surface area contributed by atoms with E-state index in [0.29, 0.717) is 6.61 Å². The molecule has 1 aromatic rings. The van der Waals surface area contributed by atoms with Crippen molar-refractivity contribution in [3.63, 3.8) is 0 Å². The molecule has 1 rings (SSSR count). The minimum absolute atomic E-state index is 0.0118. The minimum Gasteiger partial charge on any atom is -0.461 e. The van der Waals surface area contributed by atoms with Crippen LogP contribution in [0.4, 0.5) is 0 Å². The van der Waals surface area contributed by atoms with Gasteiger partial charge in [0.2, 0.25) is 0 Å². The zero-order valence-corrected chi connectivity index (χ0v) is 12.3. The van der Waals surface area contributed by atoms with Crippen LogP contribution < -0.4 is 0 Å². The van der Waals surface area contributed by atoms with Gasteiger partial charge in [-0.15, -0.1) is 0 Å². The number of nitrogens with zero attached hydrogens (tertiary/aromatic N) is 1. The molecular weight excluding hydrogens is 238 g/mol. The molecule has 0 aliphatic carbocycles. The first-order chi connectivity index (χ1) is 9.17. The van der Waals surface area contributed by atoms with Crippen molar-refractivity contribution in [2.45, 2.75) is 33.3 Å². The highest BCUT2D eigenvalue weighted by Gasteiger charge is 2.18. The highest BCUT2D eigenvalue weighted by Crippen LogP contribution is 2.13. The Hall–Kier alpha value is -1.35. The van der Waals surface area contributed by atoms with Crippen LogP contribution in [0.25, 0.3) is 0 Å². The van der Waals surface area contributed by atoms with Gasteiger partial charge in [0.25, 0.3) is 0 Å². The van der Waals surface area contributed by atoms with Crippen molar-refractivity contribution in [3.05, 3.63) is 35.9 Å². The maximum atomic E-state index is 12.0. The smallest absolute Gasteiger partial charge is 0.309 e. The molecule has 19 heavy (non-hydrogen) atoms. The van der Waals surface area contributed by atoms with E-state index in [4.69, 9.17) is 4.74 Å². The summed E-state index contributed by atoms with van der Waals surface area (Å²) in [5.74, 6) is -0.0615. The third-order valence-corrected chi connectivity index (χ3v) is 3.45. The van der Waals surface area contributed by atoms with Crippen molar-refractivity contribution >= 4 is 5.97 Å². The molecule has 3 heteroatoms. The second kappa shape index (κ2) is 8.70. The summed E-state index contributed by atoms with van der Waals surface area (Å²) in [4.78, 5) is 14.2. The van der Waals surface area contributed by atoms with Crippen LogP contribution in [0, 0.1) is 5.92 Å². The Morgan fingerprint density at radius 3 is 2.53 bits per heavy atom. The van der Waals surface area contributed by atoms with Gasteiger partial charge in [-0.3, -0.25) is 4.79 Å². The number of rotatable bonds is 8. The van der Waals surface area contributed by atoms with Gasteiger partial charge in [0.1, 0.15) is 6.61 Å². The fraction of sp³-hybridized carbons (Fsp3) is 0.562. The molecule has 0 bridgehead atoms. The lowest BCUT2D eigenvalue weighted by molar-refractivity contribution is -0.150. The molecule has 0 aliphatic rings. The summed E-state index contributed by atoms with van der Waals surface area (Å²) in [5, 5.41) is 0. The molecule has 0 saturated carbocycles. The first-order valence-electron chi connectivity index (χ1n) is 7.06. The largest absolute Gasteiger partial charge is 0.461 e.